The molecule has 0 saturated carbocycles. The molecule has 3 N–H and O–H groups in total. The number of rotatable bonds is 2. The monoisotopic (exact) mass is 89.1 g/mol. The number of quaternary nitrogens is 1. The molecule has 0 aliphatic carbocycles. The van der Waals surface area contributed by atoms with E-state index >= 15 is 0 Å². The van der Waals surface area contributed by atoms with Crippen molar-refractivity contribution in [1.82, 2.24) is 0 Å². The summed E-state index contributed by atoms with van der Waals surface area (Å²) in [4.78, 5) is 0. The van der Waals surface area contributed by atoms with Gasteiger partial charge in [-0.1, -0.05) is 0 Å². The first-order valence-corrected chi connectivity index (χ1v) is 2.41. The Morgan fingerprint density at radius 3 is 1.67 bits per heavy atom. The van der Waals surface area contributed by atoms with Crippen molar-refractivity contribution < 1.29 is 5.01 Å². The van der Waals surface area contributed by atoms with Gasteiger partial charge in [-0.05, 0) is 13.8 Å². The molecule has 2 heteroatoms. The number of nitrogens with two attached hydrogens (primary N) is 1. The van der Waals surface area contributed by atoms with E-state index in [1.54, 1.807) is 0 Å². The largest absolute Gasteiger partial charge is 0.260 e. The molecule has 0 heterocycles. The molecule has 0 amide bonds. The Morgan fingerprint density at radius 2 is 1.67 bits per heavy atom. The van der Waals surface area contributed by atoms with Gasteiger partial charge < -0.3 is 0 Å². The van der Waals surface area contributed by atoms with E-state index in [-0.39, 0.29) is 0 Å². The summed E-state index contributed by atoms with van der Waals surface area (Å²) in [7, 11) is 0. The molecule has 38 valence electrons. The van der Waals surface area contributed by atoms with Crippen LogP contribution in [-0.2, 0) is 0 Å². The predicted octanol–water partition coefficient (Wildman–Crippen LogP) is -1.22. The molecule has 0 aromatic rings. The van der Waals surface area contributed by atoms with Crippen molar-refractivity contribution in [2.75, 3.05) is 13.1 Å². The van der Waals surface area contributed by atoms with Gasteiger partial charge in [-0.15, -0.1) is 0 Å². The Bertz CT molecular complexity index is 24.7. The van der Waals surface area contributed by atoms with Gasteiger partial charge in [0, 0.05) is 0 Å². The highest BCUT2D eigenvalue weighted by atomic mass is 15.4. The van der Waals surface area contributed by atoms with Crippen LogP contribution < -0.4 is 10.9 Å². The zero-order valence-electron chi connectivity index (χ0n) is 4.49. The van der Waals surface area contributed by atoms with Gasteiger partial charge in [0.05, 0.1) is 13.1 Å². The van der Waals surface area contributed by atoms with E-state index < -0.39 is 0 Å². The summed E-state index contributed by atoms with van der Waals surface area (Å²) in [5.41, 5.74) is 0. The minimum atomic E-state index is 1.02. The topological polar surface area (TPSA) is 30.5 Å². The van der Waals surface area contributed by atoms with Gasteiger partial charge in [0.15, 0.2) is 0 Å². The van der Waals surface area contributed by atoms with Gasteiger partial charge in [-0.25, -0.2) is 0 Å². The molecule has 0 aromatic heterocycles. The molecule has 0 spiro atoms. The van der Waals surface area contributed by atoms with Gasteiger partial charge in [-0.2, -0.15) is 5.84 Å². The Morgan fingerprint density at radius 1 is 1.33 bits per heavy atom. The fraction of sp³-hybridized carbons (Fsp3) is 1.00. The lowest BCUT2D eigenvalue weighted by Crippen LogP contribution is -3.17. The van der Waals surface area contributed by atoms with E-state index in [2.05, 4.69) is 13.8 Å². The molecule has 0 radical (unpaired) electrons. The van der Waals surface area contributed by atoms with Crippen molar-refractivity contribution in [3.8, 4) is 0 Å². The number of hydrogen-bond donors (Lipinski definition) is 2. The van der Waals surface area contributed by atoms with Crippen LogP contribution in [0.5, 0.6) is 0 Å². The Kier molecular flexibility index (Phi) is 3.08. The molecule has 0 saturated heterocycles. The Labute approximate surface area is 38.9 Å². The molecule has 0 atom stereocenters. The maximum atomic E-state index is 5.39. The third-order valence-corrected chi connectivity index (χ3v) is 0.908. The van der Waals surface area contributed by atoms with Crippen molar-refractivity contribution >= 4 is 0 Å². The molecule has 0 unspecified atom stereocenters. The molecular weight excluding hydrogens is 76.1 g/mol. The number of hydrogen-bond acceptors (Lipinski definition) is 1. The first kappa shape index (κ1) is 5.92. The zero-order chi connectivity index (χ0) is 4.99. The van der Waals surface area contributed by atoms with Gasteiger partial charge >= 0.3 is 0 Å². The SMILES string of the molecule is CC[NH+](N)CC. The Hall–Kier alpha value is -0.0800. The quantitative estimate of drug-likeness (QED) is 0.322. The molecule has 0 aliphatic rings. The van der Waals surface area contributed by atoms with Crippen LogP contribution in [0.15, 0.2) is 0 Å². The van der Waals surface area contributed by atoms with Gasteiger partial charge in [0.2, 0.25) is 0 Å². The van der Waals surface area contributed by atoms with Crippen LogP contribution >= 0.6 is 0 Å². The van der Waals surface area contributed by atoms with Crippen LogP contribution in [0, 0.1) is 0 Å². The van der Waals surface area contributed by atoms with Gasteiger partial charge in [-0.3, -0.25) is 5.01 Å². The van der Waals surface area contributed by atoms with Crippen molar-refractivity contribution in [3.63, 3.8) is 0 Å². The molecule has 0 fully saturated rings. The average Bonchev–Trinajstić information content (AvgIpc) is 1.65. The second-order valence-corrected chi connectivity index (χ2v) is 1.37. The van der Waals surface area contributed by atoms with E-state index in [1.807, 2.05) is 0 Å². The summed E-state index contributed by atoms with van der Waals surface area (Å²) in [6.07, 6.45) is 0. The second-order valence-electron chi connectivity index (χ2n) is 1.37. The van der Waals surface area contributed by atoms with Crippen molar-refractivity contribution in [2.45, 2.75) is 13.8 Å². The molecular formula is C4H13N2+. The molecule has 0 bridgehead atoms. The smallest absolute Gasteiger partial charge is 0.0915 e. The molecule has 6 heavy (non-hydrogen) atoms. The van der Waals surface area contributed by atoms with Crippen LogP contribution in [0.1, 0.15) is 13.8 Å². The summed E-state index contributed by atoms with van der Waals surface area (Å²) in [5, 5.41) is 1.09. The third kappa shape index (κ3) is 2.18. The highest BCUT2D eigenvalue weighted by Crippen LogP contribution is 1.34. The summed E-state index contributed by atoms with van der Waals surface area (Å²) in [5.74, 6) is 5.39. The van der Waals surface area contributed by atoms with Crippen LogP contribution in [0.2, 0.25) is 0 Å². The highest BCUT2D eigenvalue weighted by Gasteiger charge is 1.86. The summed E-state index contributed by atoms with van der Waals surface area (Å²) >= 11 is 0. The van der Waals surface area contributed by atoms with E-state index in [0.29, 0.717) is 0 Å². The molecule has 0 rings (SSSR count). The Balaban J connectivity index is 2.75. The van der Waals surface area contributed by atoms with Crippen LogP contribution in [0.4, 0.5) is 0 Å². The summed E-state index contributed by atoms with van der Waals surface area (Å²) < 4.78 is 0. The molecule has 0 aliphatic heterocycles. The third-order valence-electron chi connectivity index (χ3n) is 0.908. The molecule has 0 aromatic carbocycles. The van der Waals surface area contributed by atoms with Crippen molar-refractivity contribution in [1.29, 1.82) is 0 Å². The van der Waals surface area contributed by atoms with Crippen molar-refractivity contribution in [3.05, 3.63) is 0 Å². The van der Waals surface area contributed by atoms with Crippen LogP contribution in [0.3, 0.4) is 0 Å². The lowest BCUT2D eigenvalue weighted by atomic mass is 10.6. The van der Waals surface area contributed by atoms with Gasteiger partial charge in [0.25, 0.3) is 0 Å². The predicted molar refractivity (Wildman–Crippen MR) is 26.2 cm³/mol. The first-order chi connectivity index (χ1) is 2.81. The molecule has 2 nitrogen and oxygen atoms in total. The minimum absolute atomic E-state index is 1.02. The average molecular weight is 89.2 g/mol. The van der Waals surface area contributed by atoms with E-state index in [4.69, 9.17) is 5.84 Å². The van der Waals surface area contributed by atoms with Crippen molar-refractivity contribution in [2.24, 2.45) is 5.84 Å². The fourth-order valence-corrected chi connectivity index (χ4v) is 0.250. The standard InChI is InChI=1S/C4H12N2/c1-3-6(5)4-2/h3-5H2,1-2H3/p+1. The lowest BCUT2D eigenvalue weighted by molar-refractivity contribution is -0.908. The summed E-state index contributed by atoms with van der Waals surface area (Å²) in [6.45, 7) is 6.19. The van der Waals surface area contributed by atoms with Crippen LogP contribution in [0.25, 0.3) is 0 Å². The zero-order valence-corrected chi connectivity index (χ0v) is 4.49. The number of nitrogens with one attached hydrogen (secondary N) is 1. The normalized spacial score (nSPS) is 10.0. The maximum Gasteiger partial charge on any atom is 0.0915 e. The van der Waals surface area contributed by atoms with Crippen LogP contribution in [-0.4, -0.2) is 13.1 Å². The first-order valence-electron chi connectivity index (χ1n) is 2.41. The highest BCUT2D eigenvalue weighted by molar-refractivity contribution is 4.01. The second kappa shape index (κ2) is 3.12. The maximum absolute atomic E-state index is 5.39. The minimum Gasteiger partial charge on any atom is -0.260 e. The van der Waals surface area contributed by atoms with E-state index in [9.17, 15) is 0 Å². The van der Waals surface area contributed by atoms with E-state index in [1.165, 1.54) is 0 Å². The summed E-state index contributed by atoms with van der Waals surface area (Å²) in [6, 6.07) is 0. The van der Waals surface area contributed by atoms with Gasteiger partial charge in [0.1, 0.15) is 0 Å². The van der Waals surface area contributed by atoms with E-state index in [0.717, 1.165) is 18.1 Å². The lowest BCUT2D eigenvalue weighted by Gasteiger charge is -2.03. The fourth-order valence-electron chi connectivity index (χ4n) is 0.250.